The Balaban J connectivity index is 1.98. The molecule has 0 radical (unpaired) electrons. The third-order valence-corrected chi connectivity index (χ3v) is 11.7. The van der Waals surface area contributed by atoms with Gasteiger partial charge in [-0.3, -0.25) is 0 Å². The van der Waals surface area contributed by atoms with Crippen LogP contribution in [0.3, 0.4) is 0 Å². The van der Waals surface area contributed by atoms with Crippen LogP contribution in [0, 0.1) is 0 Å². The first kappa shape index (κ1) is 25.6. The van der Waals surface area contributed by atoms with Crippen molar-refractivity contribution < 1.29 is 9.47 Å². The zero-order chi connectivity index (χ0) is 23.9. The zero-order valence-electron chi connectivity index (χ0n) is 21.1. The summed E-state index contributed by atoms with van der Waals surface area (Å²) in [5.41, 5.74) is 5.26. The molecular formula is C30H40ClO2P. The molecule has 2 fully saturated rings. The maximum Gasteiger partial charge on any atom is 0.130 e. The molecule has 2 nitrogen and oxygen atoms in total. The lowest BCUT2D eigenvalue weighted by atomic mass is 9.98. The van der Waals surface area contributed by atoms with Crippen molar-refractivity contribution in [2.75, 3.05) is 14.2 Å². The zero-order valence-corrected chi connectivity index (χ0v) is 22.8. The highest BCUT2D eigenvalue weighted by atomic mass is 35.5. The highest BCUT2D eigenvalue weighted by Gasteiger charge is 2.36. The predicted molar refractivity (Wildman–Crippen MR) is 149 cm³/mol. The highest BCUT2D eigenvalue weighted by molar-refractivity contribution is 7.67. The molecule has 0 N–H and O–H groups in total. The van der Waals surface area contributed by atoms with E-state index < -0.39 is 0 Å². The molecule has 2 saturated carbocycles. The molecule has 2 aliphatic rings. The molecule has 0 unspecified atom stereocenters. The quantitative estimate of drug-likeness (QED) is 0.267. The van der Waals surface area contributed by atoms with Crippen molar-refractivity contribution >= 4 is 24.8 Å². The topological polar surface area (TPSA) is 18.5 Å². The Labute approximate surface area is 212 Å². The first-order valence-corrected chi connectivity index (χ1v) is 15.0. The lowest BCUT2D eigenvalue weighted by Crippen LogP contribution is -2.29. The first-order chi connectivity index (χ1) is 16.7. The molecule has 0 aromatic heterocycles. The Kier molecular flexibility index (Phi) is 9.38. The van der Waals surface area contributed by atoms with Gasteiger partial charge in [-0.05, 0) is 85.0 Å². The minimum Gasteiger partial charge on any atom is -0.496 e. The molecule has 4 heteroatoms. The van der Waals surface area contributed by atoms with Crippen LogP contribution in [-0.4, -0.2) is 25.5 Å². The molecule has 0 saturated heterocycles. The Hall–Kier alpha value is -1.50. The summed E-state index contributed by atoms with van der Waals surface area (Å²) in [5, 5.41) is 2.44. The molecule has 0 atom stereocenters. The van der Waals surface area contributed by atoms with E-state index in [1.54, 1.807) is 14.2 Å². The van der Waals surface area contributed by atoms with Crippen molar-refractivity contribution in [3.8, 4) is 22.6 Å². The number of allylic oxidation sites excluding steroid dienone is 2. The SMILES string of the molecule is CC=CCc1c(Cl)ccc(-c2c(OC)cccc2OC)c1P(C1CCCCC1)C1CCCCC1. The monoisotopic (exact) mass is 498 g/mol. The summed E-state index contributed by atoms with van der Waals surface area (Å²) in [6, 6.07) is 10.5. The fourth-order valence-corrected chi connectivity index (χ4v) is 10.5. The molecule has 0 aliphatic heterocycles. The van der Waals surface area contributed by atoms with Crippen molar-refractivity contribution in [1.82, 2.24) is 0 Å². The van der Waals surface area contributed by atoms with E-state index in [4.69, 9.17) is 21.1 Å². The van der Waals surface area contributed by atoms with Crippen LogP contribution in [0.5, 0.6) is 11.5 Å². The molecule has 0 spiro atoms. The van der Waals surface area contributed by atoms with Crippen LogP contribution in [0.1, 0.15) is 76.7 Å². The normalized spacial score (nSPS) is 18.0. The summed E-state index contributed by atoms with van der Waals surface area (Å²) in [6.45, 7) is 2.10. The fourth-order valence-electron chi connectivity index (χ4n) is 6.04. The van der Waals surface area contributed by atoms with E-state index in [-0.39, 0.29) is 7.92 Å². The summed E-state index contributed by atoms with van der Waals surface area (Å²) in [4.78, 5) is 0. The van der Waals surface area contributed by atoms with Crippen molar-refractivity contribution in [2.45, 2.75) is 88.9 Å². The minimum atomic E-state index is -0.354. The fraction of sp³-hybridized carbons (Fsp3) is 0.533. The molecule has 2 aliphatic carbocycles. The Morgan fingerprint density at radius 2 is 1.41 bits per heavy atom. The van der Waals surface area contributed by atoms with Gasteiger partial charge in [0, 0.05) is 5.02 Å². The van der Waals surface area contributed by atoms with Gasteiger partial charge in [0.05, 0.1) is 19.8 Å². The van der Waals surface area contributed by atoms with Gasteiger partial charge in [-0.15, -0.1) is 0 Å². The van der Waals surface area contributed by atoms with Crippen LogP contribution >= 0.6 is 19.5 Å². The number of hydrogen-bond donors (Lipinski definition) is 0. The van der Waals surface area contributed by atoms with Crippen molar-refractivity contribution in [1.29, 1.82) is 0 Å². The average Bonchev–Trinajstić information content (AvgIpc) is 2.89. The van der Waals surface area contributed by atoms with Gasteiger partial charge >= 0.3 is 0 Å². The Morgan fingerprint density at radius 1 is 0.853 bits per heavy atom. The molecule has 34 heavy (non-hydrogen) atoms. The smallest absolute Gasteiger partial charge is 0.130 e. The molecule has 0 bridgehead atoms. The third-order valence-electron chi connectivity index (χ3n) is 7.67. The second-order valence-electron chi connectivity index (χ2n) is 9.72. The number of benzene rings is 2. The molecular weight excluding hydrogens is 459 g/mol. The lowest BCUT2D eigenvalue weighted by Gasteiger charge is -2.41. The number of halogens is 1. The summed E-state index contributed by atoms with van der Waals surface area (Å²) in [7, 11) is 3.17. The Morgan fingerprint density at radius 3 is 1.91 bits per heavy atom. The summed E-state index contributed by atoms with van der Waals surface area (Å²) in [6.07, 6.45) is 19.0. The summed E-state index contributed by atoms with van der Waals surface area (Å²) in [5.74, 6) is 1.75. The van der Waals surface area contributed by atoms with Gasteiger partial charge in [-0.1, -0.05) is 82.3 Å². The second-order valence-corrected chi connectivity index (χ2v) is 12.9. The maximum atomic E-state index is 7.01. The third kappa shape index (κ3) is 5.50. The van der Waals surface area contributed by atoms with Crippen LogP contribution in [0.4, 0.5) is 0 Å². The molecule has 2 aromatic rings. The molecule has 2 aromatic carbocycles. The predicted octanol–water partition coefficient (Wildman–Crippen LogP) is 8.92. The van der Waals surface area contributed by atoms with Gasteiger partial charge in [0.15, 0.2) is 0 Å². The standard InChI is InChI=1S/C30H40ClO2P/c1-4-5-17-24-26(31)21-20-25(29-27(32-2)18-12-19-28(29)33-3)30(24)34(22-13-8-6-9-14-22)23-15-10-7-11-16-23/h4-5,12,18-23H,6-11,13-17H2,1-3H3. The van der Waals surface area contributed by atoms with Crippen molar-refractivity contribution in [3.63, 3.8) is 0 Å². The van der Waals surface area contributed by atoms with E-state index in [1.165, 1.54) is 80.6 Å². The van der Waals surface area contributed by atoms with E-state index >= 15 is 0 Å². The number of ether oxygens (including phenoxy) is 2. The van der Waals surface area contributed by atoms with Gasteiger partial charge in [0.25, 0.3) is 0 Å². The van der Waals surface area contributed by atoms with Crippen molar-refractivity contribution in [2.24, 2.45) is 0 Å². The maximum absolute atomic E-state index is 7.01. The molecule has 0 heterocycles. The highest BCUT2D eigenvalue weighted by Crippen LogP contribution is 2.58. The van der Waals surface area contributed by atoms with E-state index in [1.807, 2.05) is 6.07 Å². The van der Waals surface area contributed by atoms with Crippen LogP contribution in [-0.2, 0) is 6.42 Å². The van der Waals surface area contributed by atoms with Crippen LogP contribution < -0.4 is 14.8 Å². The van der Waals surface area contributed by atoms with E-state index in [9.17, 15) is 0 Å². The molecule has 184 valence electrons. The van der Waals surface area contributed by atoms with Crippen LogP contribution in [0.2, 0.25) is 5.02 Å². The van der Waals surface area contributed by atoms with E-state index in [0.717, 1.165) is 39.8 Å². The second kappa shape index (κ2) is 12.5. The van der Waals surface area contributed by atoms with Gasteiger partial charge in [-0.25, -0.2) is 0 Å². The summed E-state index contributed by atoms with van der Waals surface area (Å²) >= 11 is 7.01. The minimum absolute atomic E-state index is 0.354. The largest absolute Gasteiger partial charge is 0.496 e. The number of hydrogen-bond acceptors (Lipinski definition) is 2. The number of rotatable bonds is 8. The molecule has 4 rings (SSSR count). The van der Waals surface area contributed by atoms with E-state index in [0.29, 0.717) is 0 Å². The van der Waals surface area contributed by atoms with Gasteiger partial charge in [0.2, 0.25) is 0 Å². The Bertz CT molecular complexity index is 934. The van der Waals surface area contributed by atoms with Crippen molar-refractivity contribution in [3.05, 3.63) is 53.1 Å². The summed E-state index contributed by atoms with van der Waals surface area (Å²) < 4.78 is 11.8. The van der Waals surface area contributed by atoms with Gasteiger partial charge in [-0.2, -0.15) is 0 Å². The van der Waals surface area contributed by atoms with E-state index in [2.05, 4.69) is 43.3 Å². The van der Waals surface area contributed by atoms with Gasteiger partial charge < -0.3 is 9.47 Å². The first-order valence-electron chi connectivity index (χ1n) is 13.1. The molecule has 0 amide bonds. The number of methoxy groups -OCH3 is 2. The van der Waals surface area contributed by atoms with Crippen LogP contribution in [0.15, 0.2) is 42.5 Å². The van der Waals surface area contributed by atoms with Crippen LogP contribution in [0.25, 0.3) is 11.1 Å². The van der Waals surface area contributed by atoms with Gasteiger partial charge in [0.1, 0.15) is 11.5 Å². The average molecular weight is 499 g/mol. The lowest BCUT2D eigenvalue weighted by molar-refractivity contribution is 0.397.